The number of carbonyl (C=O) groups is 2. The number of carbonyl (C=O) groups excluding carboxylic acids is 2. The number of nitrogens with zero attached hydrogens (tertiary/aromatic N) is 3. The summed E-state index contributed by atoms with van der Waals surface area (Å²) < 4.78 is 10.9. The molecule has 1 saturated heterocycles. The van der Waals surface area contributed by atoms with E-state index in [1.807, 2.05) is 77.7 Å². The second-order valence-electron chi connectivity index (χ2n) is 8.85. The van der Waals surface area contributed by atoms with Crippen LogP contribution in [0.3, 0.4) is 0 Å². The third-order valence-corrected chi connectivity index (χ3v) is 7.80. The molecule has 0 radical (unpaired) electrons. The van der Waals surface area contributed by atoms with Crippen molar-refractivity contribution < 1.29 is 19.1 Å². The highest BCUT2D eigenvalue weighted by Crippen LogP contribution is 2.42. The fraction of sp³-hybridized carbons (Fsp3) is 0.241. The summed E-state index contributed by atoms with van der Waals surface area (Å²) in [5, 5.41) is 0. The summed E-state index contributed by atoms with van der Waals surface area (Å²) in [5.74, 6) is 1.41. The molecule has 2 aliphatic heterocycles. The van der Waals surface area contributed by atoms with E-state index in [1.54, 1.807) is 26.2 Å². The third-order valence-electron chi connectivity index (χ3n) is 6.72. The molecule has 7 nitrogen and oxygen atoms in total. The number of thioether (sulfide) groups is 1. The molecular formula is C29H29N3O4S. The van der Waals surface area contributed by atoms with Crippen LogP contribution in [0.4, 0.5) is 11.4 Å². The van der Waals surface area contributed by atoms with E-state index >= 15 is 0 Å². The zero-order valence-electron chi connectivity index (χ0n) is 21.1. The quantitative estimate of drug-likeness (QED) is 0.456. The molecule has 3 aromatic rings. The van der Waals surface area contributed by atoms with Crippen LogP contribution in [0.15, 0.2) is 76.5 Å². The molecule has 5 rings (SSSR count). The molecule has 0 atom stereocenters. The van der Waals surface area contributed by atoms with Gasteiger partial charge < -0.3 is 24.2 Å². The lowest BCUT2D eigenvalue weighted by molar-refractivity contribution is -0.114. The minimum absolute atomic E-state index is 0.0244. The van der Waals surface area contributed by atoms with Crippen molar-refractivity contribution in [3.63, 3.8) is 0 Å². The molecule has 0 unspecified atom stereocenters. The van der Waals surface area contributed by atoms with Gasteiger partial charge in [0.15, 0.2) is 0 Å². The number of methoxy groups -OCH3 is 2. The van der Waals surface area contributed by atoms with Gasteiger partial charge in [-0.1, -0.05) is 42.1 Å². The fourth-order valence-corrected chi connectivity index (χ4v) is 5.76. The van der Waals surface area contributed by atoms with Crippen molar-refractivity contribution in [3.8, 4) is 11.5 Å². The van der Waals surface area contributed by atoms with E-state index in [-0.39, 0.29) is 11.8 Å². The monoisotopic (exact) mass is 515 g/mol. The molecular weight excluding hydrogens is 486 g/mol. The molecule has 190 valence electrons. The number of para-hydroxylation sites is 3. The van der Waals surface area contributed by atoms with E-state index in [0.29, 0.717) is 29.3 Å². The molecule has 2 heterocycles. The minimum Gasteiger partial charge on any atom is -0.496 e. The number of amides is 2. The van der Waals surface area contributed by atoms with Crippen LogP contribution < -0.4 is 19.3 Å². The standard InChI is InChI=1S/C29H29N3O4S/c1-30-23-18-21(28(33)32-16-14-31(15-17-32)22-9-5-7-11-25(22)36-3)12-13-26(23)37-27(29(30)34)19-20-8-4-6-10-24(20)35-2/h4-13,18-19H,14-17H2,1-3H3/b27-19-. The number of hydrogen-bond acceptors (Lipinski definition) is 6. The molecule has 0 spiro atoms. The van der Waals surface area contributed by atoms with E-state index < -0.39 is 0 Å². The normalized spacial score (nSPS) is 16.6. The van der Waals surface area contributed by atoms with Gasteiger partial charge in [0.2, 0.25) is 0 Å². The predicted octanol–water partition coefficient (Wildman–Crippen LogP) is 4.78. The smallest absolute Gasteiger partial charge is 0.264 e. The van der Waals surface area contributed by atoms with E-state index in [4.69, 9.17) is 9.47 Å². The molecule has 0 N–H and O–H groups in total. The van der Waals surface area contributed by atoms with Gasteiger partial charge in [0.1, 0.15) is 11.5 Å². The maximum atomic E-state index is 13.4. The van der Waals surface area contributed by atoms with Crippen LogP contribution in [0, 0.1) is 0 Å². The van der Waals surface area contributed by atoms with Gasteiger partial charge in [0, 0.05) is 49.2 Å². The predicted molar refractivity (Wildman–Crippen MR) is 148 cm³/mol. The molecule has 1 fully saturated rings. The summed E-state index contributed by atoms with van der Waals surface area (Å²) in [6, 6.07) is 21.2. The lowest BCUT2D eigenvalue weighted by atomic mass is 10.1. The summed E-state index contributed by atoms with van der Waals surface area (Å²) in [6.07, 6.45) is 1.85. The van der Waals surface area contributed by atoms with Crippen molar-refractivity contribution in [2.24, 2.45) is 0 Å². The molecule has 0 saturated carbocycles. The number of ether oxygens (including phenoxy) is 2. The zero-order valence-corrected chi connectivity index (χ0v) is 22.0. The number of benzene rings is 3. The maximum absolute atomic E-state index is 13.4. The van der Waals surface area contributed by atoms with Gasteiger partial charge in [-0.15, -0.1) is 0 Å². The summed E-state index contributed by atoms with van der Waals surface area (Å²) in [5.41, 5.74) is 3.21. The van der Waals surface area contributed by atoms with Crippen molar-refractivity contribution in [2.45, 2.75) is 4.90 Å². The molecule has 2 aliphatic rings. The van der Waals surface area contributed by atoms with Crippen LogP contribution in [0.2, 0.25) is 0 Å². The highest BCUT2D eigenvalue weighted by atomic mass is 32.2. The number of hydrogen-bond donors (Lipinski definition) is 0. The molecule has 0 aliphatic carbocycles. The first-order chi connectivity index (χ1) is 18.0. The topological polar surface area (TPSA) is 62.3 Å². The Hall–Kier alpha value is -3.91. The molecule has 0 aromatic heterocycles. The van der Waals surface area contributed by atoms with Crippen LogP contribution in [0.1, 0.15) is 15.9 Å². The van der Waals surface area contributed by atoms with Gasteiger partial charge in [-0.05, 0) is 42.5 Å². The Morgan fingerprint density at radius 3 is 2.27 bits per heavy atom. The largest absolute Gasteiger partial charge is 0.496 e. The Balaban J connectivity index is 1.32. The Labute approximate surface area is 221 Å². The highest BCUT2D eigenvalue weighted by molar-refractivity contribution is 8.04. The minimum atomic E-state index is -0.113. The Morgan fingerprint density at radius 1 is 0.865 bits per heavy atom. The summed E-state index contributed by atoms with van der Waals surface area (Å²) >= 11 is 1.41. The van der Waals surface area contributed by atoms with Crippen LogP contribution in [0.5, 0.6) is 11.5 Å². The van der Waals surface area contributed by atoms with E-state index in [0.717, 1.165) is 40.7 Å². The first-order valence-electron chi connectivity index (χ1n) is 12.1. The number of rotatable bonds is 5. The first-order valence-corrected chi connectivity index (χ1v) is 12.9. The van der Waals surface area contributed by atoms with E-state index in [1.165, 1.54) is 11.8 Å². The SMILES string of the molecule is COc1ccccc1/C=C1\Sc2ccc(C(=O)N3CCN(c4ccccc4OC)CC3)cc2N(C)C1=O. The van der Waals surface area contributed by atoms with Crippen LogP contribution >= 0.6 is 11.8 Å². The summed E-state index contributed by atoms with van der Waals surface area (Å²) in [7, 11) is 5.04. The second-order valence-corrected chi connectivity index (χ2v) is 9.93. The van der Waals surface area contributed by atoms with Gasteiger partial charge >= 0.3 is 0 Å². The van der Waals surface area contributed by atoms with Gasteiger partial charge in [-0.25, -0.2) is 0 Å². The van der Waals surface area contributed by atoms with Crippen molar-refractivity contribution in [3.05, 3.63) is 82.8 Å². The van der Waals surface area contributed by atoms with Crippen molar-refractivity contribution in [1.29, 1.82) is 0 Å². The van der Waals surface area contributed by atoms with Gasteiger partial charge in [0.25, 0.3) is 11.8 Å². The number of fused-ring (bicyclic) bond motifs is 1. The molecule has 37 heavy (non-hydrogen) atoms. The Morgan fingerprint density at radius 2 is 1.54 bits per heavy atom. The summed E-state index contributed by atoms with van der Waals surface area (Å²) in [4.78, 5) is 33.8. The van der Waals surface area contributed by atoms with Crippen molar-refractivity contribution >= 4 is 41.0 Å². The number of likely N-dealkylation sites (N-methyl/N-ethyl adjacent to an activating group) is 1. The van der Waals surface area contributed by atoms with E-state index in [2.05, 4.69) is 4.90 Å². The average Bonchev–Trinajstić information content (AvgIpc) is 2.95. The second kappa shape index (κ2) is 10.6. The number of anilines is 2. The lowest BCUT2D eigenvalue weighted by Crippen LogP contribution is -2.49. The van der Waals surface area contributed by atoms with Crippen LogP contribution in [-0.4, -0.2) is 64.2 Å². The van der Waals surface area contributed by atoms with Gasteiger partial charge in [-0.2, -0.15) is 0 Å². The Bertz CT molecular complexity index is 1360. The summed E-state index contributed by atoms with van der Waals surface area (Å²) in [6.45, 7) is 2.68. The number of piperazine rings is 1. The van der Waals surface area contributed by atoms with E-state index in [9.17, 15) is 9.59 Å². The van der Waals surface area contributed by atoms with Crippen LogP contribution in [0.25, 0.3) is 6.08 Å². The Kier molecular flexibility index (Phi) is 7.10. The third kappa shape index (κ3) is 4.89. The van der Waals surface area contributed by atoms with Crippen LogP contribution in [-0.2, 0) is 4.79 Å². The van der Waals surface area contributed by atoms with Gasteiger partial charge in [0.05, 0.1) is 30.5 Å². The molecule has 3 aromatic carbocycles. The maximum Gasteiger partial charge on any atom is 0.264 e. The molecule has 2 amide bonds. The molecule has 0 bridgehead atoms. The average molecular weight is 516 g/mol. The zero-order chi connectivity index (χ0) is 25.9. The first kappa shape index (κ1) is 24.8. The van der Waals surface area contributed by atoms with Crippen molar-refractivity contribution in [1.82, 2.24) is 4.90 Å². The molecule has 8 heteroatoms. The highest BCUT2D eigenvalue weighted by Gasteiger charge is 2.29. The fourth-order valence-electron chi connectivity index (χ4n) is 4.68. The lowest BCUT2D eigenvalue weighted by Gasteiger charge is -2.37. The van der Waals surface area contributed by atoms with Crippen molar-refractivity contribution in [2.75, 3.05) is 57.2 Å². The van der Waals surface area contributed by atoms with Gasteiger partial charge in [-0.3, -0.25) is 9.59 Å².